The van der Waals surface area contributed by atoms with Crippen LogP contribution in [-0.4, -0.2) is 18.6 Å². The van der Waals surface area contributed by atoms with E-state index < -0.39 is 0 Å². The summed E-state index contributed by atoms with van der Waals surface area (Å²) in [6.07, 6.45) is 1.76. The number of carbonyl (C=O) groups is 1. The molecule has 0 amide bonds. The highest BCUT2D eigenvalue weighted by Gasteiger charge is 2.21. The average Bonchev–Trinajstić information content (AvgIpc) is 2.39. The zero-order valence-electron chi connectivity index (χ0n) is 12.4. The van der Waals surface area contributed by atoms with Crippen LogP contribution in [0.4, 0.5) is 0 Å². The largest absolute Gasteiger partial charge is 0.465 e. The second kappa shape index (κ2) is 7.95. The maximum atomic E-state index is 11.9. The number of hydrogen-bond donors (Lipinski definition) is 1. The molecule has 0 saturated heterocycles. The van der Waals surface area contributed by atoms with Gasteiger partial charge < -0.3 is 4.74 Å². The topological polar surface area (TPSA) is 38.3 Å². The summed E-state index contributed by atoms with van der Waals surface area (Å²) in [6.45, 7) is 8.52. The van der Waals surface area contributed by atoms with Gasteiger partial charge in [0.1, 0.15) is 6.04 Å². The molecule has 3 nitrogen and oxygen atoms in total. The van der Waals surface area contributed by atoms with Crippen molar-refractivity contribution in [3.8, 4) is 0 Å². The maximum Gasteiger partial charge on any atom is 0.323 e. The van der Waals surface area contributed by atoms with E-state index in [1.807, 2.05) is 19.1 Å². The lowest BCUT2D eigenvalue weighted by molar-refractivity contribution is -0.146. The van der Waals surface area contributed by atoms with Crippen molar-refractivity contribution >= 4 is 5.97 Å². The number of ether oxygens (including phenoxy) is 1. The second-order valence-electron chi connectivity index (χ2n) is 4.84. The molecule has 0 radical (unpaired) electrons. The second-order valence-corrected chi connectivity index (χ2v) is 4.84. The molecule has 2 atom stereocenters. The first kappa shape index (κ1) is 15.7. The molecule has 0 aliphatic rings. The van der Waals surface area contributed by atoms with Crippen molar-refractivity contribution < 1.29 is 9.53 Å². The Morgan fingerprint density at radius 3 is 2.58 bits per heavy atom. The molecular formula is C16H25NO2. The molecule has 0 heterocycles. The van der Waals surface area contributed by atoms with Crippen molar-refractivity contribution in [2.24, 2.45) is 0 Å². The van der Waals surface area contributed by atoms with E-state index in [0.717, 1.165) is 12.8 Å². The molecule has 1 aromatic carbocycles. The highest BCUT2D eigenvalue weighted by Crippen LogP contribution is 2.18. The molecule has 2 unspecified atom stereocenters. The van der Waals surface area contributed by atoms with Gasteiger partial charge in [0.15, 0.2) is 0 Å². The minimum atomic E-state index is -0.223. The first-order chi connectivity index (χ1) is 9.10. The van der Waals surface area contributed by atoms with Crippen molar-refractivity contribution in [2.75, 3.05) is 6.61 Å². The highest BCUT2D eigenvalue weighted by atomic mass is 16.5. The smallest absolute Gasteiger partial charge is 0.323 e. The van der Waals surface area contributed by atoms with E-state index in [9.17, 15) is 4.79 Å². The van der Waals surface area contributed by atoms with Crippen LogP contribution >= 0.6 is 0 Å². The molecule has 1 rings (SSSR count). The summed E-state index contributed by atoms with van der Waals surface area (Å²) in [6, 6.07) is 8.16. The Balaban J connectivity index is 2.73. The summed E-state index contributed by atoms with van der Waals surface area (Å²) >= 11 is 0. The van der Waals surface area contributed by atoms with Crippen LogP contribution in [-0.2, 0) is 9.53 Å². The van der Waals surface area contributed by atoms with Gasteiger partial charge in [-0.2, -0.15) is 0 Å². The van der Waals surface area contributed by atoms with E-state index >= 15 is 0 Å². The zero-order valence-corrected chi connectivity index (χ0v) is 12.4. The molecule has 0 fully saturated rings. The van der Waals surface area contributed by atoms with Crippen molar-refractivity contribution in [1.82, 2.24) is 5.32 Å². The normalized spacial score (nSPS) is 13.9. The molecule has 0 saturated carbocycles. The molecule has 0 spiro atoms. The number of benzene rings is 1. The Morgan fingerprint density at radius 1 is 1.32 bits per heavy atom. The number of nitrogens with one attached hydrogen (secondary N) is 1. The van der Waals surface area contributed by atoms with Gasteiger partial charge in [-0.05, 0) is 38.3 Å². The van der Waals surface area contributed by atoms with Crippen molar-refractivity contribution in [1.29, 1.82) is 0 Å². The van der Waals surface area contributed by atoms with Crippen LogP contribution in [0.15, 0.2) is 24.3 Å². The molecule has 0 bridgehead atoms. The summed E-state index contributed by atoms with van der Waals surface area (Å²) < 4.78 is 5.12. The predicted octanol–water partition coefficient (Wildman–Crippen LogP) is 3.38. The van der Waals surface area contributed by atoms with Gasteiger partial charge in [-0.1, -0.05) is 37.6 Å². The fraction of sp³-hybridized carbons (Fsp3) is 0.562. The van der Waals surface area contributed by atoms with Gasteiger partial charge in [0.25, 0.3) is 0 Å². The van der Waals surface area contributed by atoms with Crippen LogP contribution in [0.3, 0.4) is 0 Å². The van der Waals surface area contributed by atoms with Gasteiger partial charge in [-0.25, -0.2) is 0 Å². The third kappa shape index (κ3) is 4.67. The van der Waals surface area contributed by atoms with E-state index in [4.69, 9.17) is 4.74 Å². The van der Waals surface area contributed by atoms with Crippen LogP contribution in [0.1, 0.15) is 50.8 Å². The van der Waals surface area contributed by atoms with E-state index in [-0.39, 0.29) is 18.1 Å². The lowest BCUT2D eigenvalue weighted by Crippen LogP contribution is -2.39. The average molecular weight is 263 g/mol. The molecule has 0 aliphatic heterocycles. The van der Waals surface area contributed by atoms with E-state index in [2.05, 4.69) is 38.2 Å². The van der Waals surface area contributed by atoms with Gasteiger partial charge in [0, 0.05) is 6.04 Å². The van der Waals surface area contributed by atoms with Crippen LogP contribution in [0.5, 0.6) is 0 Å². The Bertz CT molecular complexity index is 403. The highest BCUT2D eigenvalue weighted by molar-refractivity contribution is 5.75. The van der Waals surface area contributed by atoms with Crippen molar-refractivity contribution in [2.45, 2.75) is 52.6 Å². The van der Waals surface area contributed by atoms with Crippen molar-refractivity contribution in [3.63, 3.8) is 0 Å². The molecule has 1 N–H and O–H groups in total. The number of rotatable bonds is 7. The van der Waals surface area contributed by atoms with E-state index in [1.165, 1.54) is 11.1 Å². The third-order valence-corrected chi connectivity index (χ3v) is 3.25. The number of aryl methyl sites for hydroxylation is 1. The van der Waals surface area contributed by atoms with Gasteiger partial charge >= 0.3 is 5.97 Å². The van der Waals surface area contributed by atoms with E-state index in [1.54, 1.807) is 0 Å². The third-order valence-electron chi connectivity index (χ3n) is 3.25. The summed E-state index contributed by atoms with van der Waals surface area (Å²) in [4.78, 5) is 11.9. The quantitative estimate of drug-likeness (QED) is 0.766. The summed E-state index contributed by atoms with van der Waals surface area (Å²) in [5.41, 5.74) is 2.47. The minimum absolute atomic E-state index is 0.141. The van der Waals surface area contributed by atoms with Crippen LogP contribution in [0.2, 0.25) is 0 Å². The SMILES string of the molecule is CCCC(NC(C)c1ccccc1C)C(=O)OCC. The summed E-state index contributed by atoms with van der Waals surface area (Å²) in [5, 5.41) is 3.39. The first-order valence-corrected chi connectivity index (χ1v) is 7.08. The zero-order chi connectivity index (χ0) is 14.3. The monoisotopic (exact) mass is 263 g/mol. The number of carbonyl (C=O) groups excluding carboxylic acids is 1. The number of esters is 1. The lowest BCUT2D eigenvalue weighted by atomic mass is 10.0. The fourth-order valence-corrected chi connectivity index (χ4v) is 2.26. The molecular weight excluding hydrogens is 238 g/mol. The summed E-state index contributed by atoms with van der Waals surface area (Å²) in [7, 11) is 0. The maximum absolute atomic E-state index is 11.9. The molecule has 3 heteroatoms. The predicted molar refractivity (Wildman–Crippen MR) is 78.1 cm³/mol. The van der Waals surface area contributed by atoms with Gasteiger partial charge in [-0.3, -0.25) is 10.1 Å². The van der Waals surface area contributed by atoms with Crippen molar-refractivity contribution in [3.05, 3.63) is 35.4 Å². The Morgan fingerprint density at radius 2 is 2.00 bits per heavy atom. The fourth-order valence-electron chi connectivity index (χ4n) is 2.26. The van der Waals surface area contributed by atoms with Gasteiger partial charge in [-0.15, -0.1) is 0 Å². The summed E-state index contributed by atoms with van der Waals surface area (Å²) in [5.74, 6) is -0.148. The van der Waals surface area contributed by atoms with E-state index in [0.29, 0.717) is 6.61 Å². The lowest BCUT2D eigenvalue weighted by Gasteiger charge is -2.23. The molecule has 0 aliphatic carbocycles. The Labute approximate surface area is 116 Å². The van der Waals surface area contributed by atoms with Gasteiger partial charge in [0.05, 0.1) is 6.61 Å². The van der Waals surface area contributed by atoms with Crippen LogP contribution < -0.4 is 5.32 Å². The van der Waals surface area contributed by atoms with Crippen LogP contribution in [0, 0.1) is 6.92 Å². The molecule has 1 aromatic rings. The number of hydrogen-bond acceptors (Lipinski definition) is 3. The Hall–Kier alpha value is -1.35. The first-order valence-electron chi connectivity index (χ1n) is 7.08. The van der Waals surface area contributed by atoms with Gasteiger partial charge in [0.2, 0.25) is 0 Å². The Kier molecular flexibility index (Phi) is 6.57. The molecule has 106 valence electrons. The minimum Gasteiger partial charge on any atom is -0.465 e. The standard InChI is InChI=1S/C16H25NO2/c1-5-9-15(16(18)19-6-2)17-13(4)14-11-8-7-10-12(14)3/h7-8,10-11,13,15,17H,5-6,9H2,1-4H3. The van der Waals surface area contributed by atoms with Crippen LogP contribution in [0.25, 0.3) is 0 Å². The molecule has 19 heavy (non-hydrogen) atoms. The molecule has 0 aromatic heterocycles.